The van der Waals surface area contributed by atoms with Crippen molar-refractivity contribution in [3.63, 3.8) is 0 Å². The van der Waals surface area contributed by atoms with Gasteiger partial charge < -0.3 is 4.40 Å². The summed E-state index contributed by atoms with van der Waals surface area (Å²) in [5.41, 5.74) is 1.37. The maximum absolute atomic E-state index is 9.05. The number of fused-ring (bicyclic) bond motifs is 1. The molecule has 0 bridgehead atoms. The molecule has 3 aromatic rings. The van der Waals surface area contributed by atoms with Crippen LogP contribution in [0, 0.1) is 11.3 Å². The van der Waals surface area contributed by atoms with Crippen LogP contribution in [0.2, 0.25) is 0 Å². The molecule has 0 unspecified atom stereocenters. The highest BCUT2D eigenvalue weighted by atomic mass is 32.1. The number of hydrogen-bond acceptors (Lipinski definition) is 3. The van der Waals surface area contributed by atoms with Crippen LogP contribution in [-0.2, 0) is 6.42 Å². The molecular formula is C13H9N3S. The SMILES string of the molecule is N#Cc1nc(Cc2cccs2)n2ccccc12. The molecule has 0 aliphatic rings. The van der Waals surface area contributed by atoms with E-state index in [0.29, 0.717) is 5.69 Å². The summed E-state index contributed by atoms with van der Waals surface area (Å²) >= 11 is 1.71. The van der Waals surface area contributed by atoms with Crippen molar-refractivity contribution in [1.82, 2.24) is 9.38 Å². The number of nitriles is 1. The predicted octanol–water partition coefficient (Wildman–Crippen LogP) is 2.86. The summed E-state index contributed by atoms with van der Waals surface area (Å²) in [6, 6.07) is 12.0. The van der Waals surface area contributed by atoms with Crippen molar-refractivity contribution in [2.24, 2.45) is 0 Å². The quantitative estimate of drug-likeness (QED) is 0.690. The standard InChI is InChI=1S/C13H9N3S/c14-9-11-12-5-1-2-6-16(12)13(15-11)8-10-4-3-7-17-10/h1-7H,8H2. The molecule has 0 amide bonds. The van der Waals surface area contributed by atoms with Gasteiger partial charge in [-0.3, -0.25) is 0 Å². The molecule has 3 rings (SSSR count). The van der Waals surface area contributed by atoms with Crippen LogP contribution in [0.15, 0.2) is 41.9 Å². The minimum atomic E-state index is 0.497. The Morgan fingerprint density at radius 2 is 2.24 bits per heavy atom. The molecule has 3 aromatic heterocycles. The lowest BCUT2D eigenvalue weighted by molar-refractivity contribution is 0.972. The fraction of sp³-hybridized carbons (Fsp3) is 0.0769. The maximum Gasteiger partial charge on any atom is 0.166 e. The Labute approximate surface area is 103 Å². The summed E-state index contributed by atoms with van der Waals surface area (Å²) < 4.78 is 1.98. The van der Waals surface area contributed by atoms with Crippen LogP contribution >= 0.6 is 11.3 Å². The average Bonchev–Trinajstić information content (AvgIpc) is 2.98. The summed E-state index contributed by atoms with van der Waals surface area (Å²) in [5, 5.41) is 11.1. The Bertz CT molecular complexity index is 689. The van der Waals surface area contributed by atoms with Crippen LogP contribution in [0.4, 0.5) is 0 Å². The molecular weight excluding hydrogens is 230 g/mol. The second-order valence-corrected chi connectivity index (χ2v) is 4.73. The lowest BCUT2D eigenvalue weighted by Gasteiger charge is -1.98. The van der Waals surface area contributed by atoms with Crippen molar-refractivity contribution in [2.75, 3.05) is 0 Å². The minimum absolute atomic E-state index is 0.497. The first-order valence-electron chi connectivity index (χ1n) is 5.27. The number of thiophene rings is 1. The number of aromatic nitrogens is 2. The molecule has 0 aliphatic heterocycles. The van der Waals surface area contributed by atoms with E-state index >= 15 is 0 Å². The highest BCUT2D eigenvalue weighted by Crippen LogP contribution is 2.17. The second kappa shape index (κ2) is 4.04. The fourth-order valence-corrected chi connectivity index (χ4v) is 2.58. The van der Waals surface area contributed by atoms with Gasteiger partial charge in [0.25, 0.3) is 0 Å². The van der Waals surface area contributed by atoms with E-state index in [1.165, 1.54) is 4.88 Å². The summed E-state index contributed by atoms with van der Waals surface area (Å²) in [6.07, 6.45) is 2.72. The first-order chi connectivity index (χ1) is 8.38. The van der Waals surface area contributed by atoms with Crippen molar-refractivity contribution in [1.29, 1.82) is 5.26 Å². The van der Waals surface area contributed by atoms with E-state index in [4.69, 9.17) is 5.26 Å². The molecule has 0 N–H and O–H groups in total. The third-order valence-electron chi connectivity index (χ3n) is 2.64. The van der Waals surface area contributed by atoms with Gasteiger partial charge in [0.15, 0.2) is 5.69 Å². The van der Waals surface area contributed by atoms with Crippen LogP contribution < -0.4 is 0 Å². The normalized spacial score (nSPS) is 10.5. The van der Waals surface area contributed by atoms with Gasteiger partial charge in [0.05, 0.1) is 5.52 Å². The van der Waals surface area contributed by atoms with E-state index in [1.54, 1.807) is 11.3 Å². The van der Waals surface area contributed by atoms with Crippen LogP contribution in [0.25, 0.3) is 5.52 Å². The zero-order valence-electron chi connectivity index (χ0n) is 9.00. The van der Waals surface area contributed by atoms with Gasteiger partial charge in [-0.15, -0.1) is 11.3 Å². The van der Waals surface area contributed by atoms with Crippen molar-refractivity contribution < 1.29 is 0 Å². The van der Waals surface area contributed by atoms with E-state index in [9.17, 15) is 0 Å². The van der Waals surface area contributed by atoms with Gasteiger partial charge in [0.1, 0.15) is 11.9 Å². The van der Waals surface area contributed by atoms with Gasteiger partial charge >= 0.3 is 0 Å². The molecule has 0 aromatic carbocycles. The largest absolute Gasteiger partial charge is 0.302 e. The first kappa shape index (κ1) is 10.1. The third-order valence-corrected chi connectivity index (χ3v) is 3.52. The van der Waals surface area contributed by atoms with Crippen LogP contribution in [-0.4, -0.2) is 9.38 Å². The zero-order valence-corrected chi connectivity index (χ0v) is 9.81. The molecule has 0 saturated carbocycles. The number of rotatable bonds is 2. The highest BCUT2D eigenvalue weighted by molar-refractivity contribution is 7.09. The molecule has 17 heavy (non-hydrogen) atoms. The molecule has 0 atom stereocenters. The molecule has 3 heterocycles. The van der Waals surface area contributed by atoms with Crippen molar-refractivity contribution in [3.05, 3.63) is 58.3 Å². The fourth-order valence-electron chi connectivity index (χ4n) is 1.88. The molecule has 0 fully saturated rings. The van der Waals surface area contributed by atoms with Gasteiger partial charge in [0.2, 0.25) is 0 Å². The van der Waals surface area contributed by atoms with Gasteiger partial charge in [-0.05, 0) is 23.6 Å². The lowest BCUT2D eigenvalue weighted by Crippen LogP contribution is -1.93. The molecule has 0 radical (unpaired) electrons. The number of hydrogen-bond donors (Lipinski definition) is 0. The van der Waals surface area contributed by atoms with Crippen molar-refractivity contribution in [2.45, 2.75) is 6.42 Å². The van der Waals surface area contributed by atoms with E-state index in [2.05, 4.69) is 22.5 Å². The lowest BCUT2D eigenvalue weighted by atomic mass is 10.3. The molecule has 3 nitrogen and oxygen atoms in total. The van der Waals surface area contributed by atoms with E-state index < -0.39 is 0 Å². The smallest absolute Gasteiger partial charge is 0.166 e. The van der Waals surface area contributed by atoms with Gasteiger partial charge in [-0.25, -0.2) is 4.98 Å². The van der Waals surface area contributed by atoms with Crippen LogP contribution in [0.1, 0.15) is 16.4 Å². The second-order valence-electron chi connectivity index (χ2n) is 3.70. The maximum atomic E-state index is 9.05. The number of pyridine rings is 1. The van der Waals surface area contributed by atoms with E-state index in [1.807, 2.05) is 34.9 Å². The zero-order chi connectivity index (χ0) is 11.7. The monoisotopic (exact) mass is 239 g/mol. The highest BCUT2D eigenvalue weighted by Gasteiger charge is 2.10. The Kier molecular flexibility index (Phi) is 2.39. The summed E-state index contributed by atoms with van der Waals surface area (Å²) in [7, 11) is 0. The van der Waals surface area contributed by atoms with E-state index in [0.717, 1.165) is 17.8 Å². The molecule has 82 valence electrons. The minimum Gasteiger partial charge on any atom is -0.302 e. The molecule has 0 saturated heterocycles. The van der Waals surface area contributed by atoms with Gasteiger partial charge in [-0.2, -0.15) is 5.26 Å². The third kappa shape index (κ3) is 1.71. The Balaban J connectivity index is 2.14. The number of nitrogens with zero attached hydrogens (tertiary/aromatic N) is 3. The van der Waals surface area contributed by atoms with Crippen molar-refractivity contribution in [3.8, 4) is 6.07 Å². The summed E-state index contributed by atoms with van der Waals surface area (Å²) in [5.74, 6) is 0.916. The number of imidazole rings is 1. The molecule has 0 spiro atoms. The predicted molar refractivity (Wildman–Crippen MR) is 67.0 cm³/mol. The molecule has 4 heteroatoms. The van der Waals surface area contributed by atoms with E-state index in [-0.39, 0.29) is 0 Å². The topological polar surface area (TPSA) is 41.1 Å². The Morgan fingerprint density at radius 1 is 1.29 bits per heavy atom. The Hall–Kier alpha value is -2.12. The van der Waals surface area contributed by atoms with Crippen LogP contribution in [0.3, 0.4) is 0 Å². The van der Waals surface area contributed by atoms with Gasteiger partial charge in [0, 0.05) is 17.5 Å². The van der Waals surface area contributed by atoms with Crippen molar-refractivity contribution >= 4 is 16.9 Å². The Morgan fingerprint density at radius 3 is 3.00 bits per heavy atom. The first-order valence-corrected chi connectivity index (χ1v) is 6.15. The van der Waals surface area contributed by atoms with Crippen LogP contribution in [0.5, 0.6) is 0 Å². The van der Waals surface area contributed by atoms with Gasteiger partial charge in [-0.1, -0.05) is 12.1 Å². The molecule has 0 aliphatic carbocycles. The summed E-state index contributed by atoms with van der Waals surface area (Å²) in [6.45, 7) is 0. The average molecular weight is 239 g/mol. The summed E-state index contributed by atoms with van der Waals surface area (Å²) in [4.78, 5) is 5.65.